The Balaban J connectivity index is 1.92. The minimum Gasteiger partial charge on any atom is -0.310 e. The van der Waals surface area contributed by atoms with Crippen molar-refractivity contribution in [3.05, 3.63) is 23.1 Å². The summed E-state index contributed by atoms with van der Waals surface area (Å²) in [6.45, 7) is 8.08. The first-order valence-corrected chi connectivity index (χ1v) is 7.00. The highest BCUT2D eigenvalue weighted by Gasteiger charge is 2.22. The minimum atomic E-state index is 0.711. The van der Waals surface area contributed by atoms with E-state index in [2.05, 4.69) is 41.4 Å². The van der Waals surface area contributed by atoms with Gasteiger partial charge >= 0.3 is 0 Å². The predicted molar refractivity (Wildman–Crippen MR) is 74.8 cm³/mol. The Morgan fingerprint density at radius 1 is 1.42 bits per heavy atom. The molecule has 0 radical (unpaired) electrons. The van der Waals surface area contributed by atoms with Gasteiger partial charge in [-0.05, 0) is 33.6 Å². The molecule has 0 amide bonds. The summed E-state index contributed by atoms with van der Waals surface area (Å²) in [5.74, 6) is 0. The SMILES string of the molecule is CCn1nc(C)c(-c2[nH]ncc2CNC2CC2)c1C. The molecule has 5 nitrogen and oxygen atoms in total. The zero-order valence-corrected chi connectivity index (χ0v) is 11.8. The van der Waals surface area contributed by atoms with Crippen molar-refractivity contribution in [2.75, 3.05) is 0 Å². The van der Waals surface area contributed by atoms with Gasteiger partial charge in [0.15, 0.2) is 0 Å². The Morgan fingerprint density at radius 3 is 2.84 bits per heavy atom. The highest BCUT2D eigenvalue weighted by molar-refractivity contribution is 5.67. The second-order valence-corrected chi connectivity index (χ2v) is 5.29. The third-order valence-corrected chi connectivity index (χ3v) is 3.81. The fourth-order valence-electron chi connectivity index (χ4n) is 2.57. The molecule has 1 saturated carbocycles. The molecule has 19 heavy (non-hydrogen) atoms. The molecular formula is C14H21N5. The van der Waals surface area contributed by atoms with E-state index in [-0.39, 0.29) is 0 Å². The Hall–Kier alpha value is -1.62. The van der Waals surface area contributed by atoms with E-state index >= 15 is 0 Å². The Labute approximate surface area is 113 Å². The van der Waals surface area contributed by atoms with Crippen molar-refractivity contribution in [2.24, 2.45) is 0 Å². The van der Waals surface area contributed by atoms with Gasteiger partial charge in [0.25, 0.3) is 0 Å². The van der Waals surface area contributed by atoms with Gasteiger partial charge in [0, 0.05) is 36.0 Å². The fraction of sp³-hybridized carbons (Fsp3) is 0.571. The number of nitrogens with zero attached hydrogens (tertiary/aromatic N) is 3. The third kappa shape index (κ3) is 2.30. The van der Waals surface area contributed by atoms with E-state index < -0.39 is 0 Å². The molecular weight excluding hydrogens is 238 g/mol. The minimum absolute atomic E-state index is 0.711. The second-order valence-electron chi connectivity index (χ2n) is 5.29. The summed E-state index contributed by atoms with van der Waals surface area (Å²) in [4.78, 5) is 0. The number of rotatable bonds is 5. The van der Waals surface area contributed by atoms with Gasteiger partial charge in [0.1, 0.15) is 0 Å². The van der Waals surface area contributed by atoms with Crippen molar-refractivity contribution in [3.8, 4) is 11.3 Å². The van der Waals surface area contributed by atoms with Gasteiger partial charge in [0.2, 0.25) is 0 Å². The van der Waals surface area contributed by atoms with Crippen LogP contribution in [0.4, 0.5) is 0 Å². The van der Waals surface area contributed by atoms with E-state index in [0.29, 0.717) is 6.04 Å². The van der Waals surface area contributed by atoms with Gasteiger partial charge < -0.3 is 5.32 Å². The molecule has 2 aromatic rings. The maximum Gasteiger partial charge on any atom is 0.0732 e. The van der Waals surface area contributed by atoms with Crippen LogP contribution in [0.2, 0.25) is 0 Å². The molecule has 0 aliphatic heterocycles. The van der Waals surface area contributed by atoms with E-state index in [1.54, 1.807) is 0 Å². The summed E-state index contributed by atoms with van der Waals surface area (Å²) in [5.41, 5.74) is 5.82. The number of aromatic nitrogens is 4. The van der Waals surface area contributed by atoms with Crippen LogP contribution >= 0.6 is 0 Å². The molecule has 2 N–H and O–H groups in total. The van der Waals surface area contributed by atoms with E-state index in [1.165, 1.54) is 29.7 Å². The van der Waals surface area contributed by atoms with E-state index in [4.69, 9.17) is 0 Å². The molecule has 102 valence electrons. The summed E-state index contributed by atoms with van der Waals surface area (Å²) in [5, 5.41) is 15.5. The molecule has 0 spiro atoms. The third-order valence-electron chi connectivity index (χ3n) is 3.81. The monoisotopic (exact) mass is 259 g/mol. The Bertz CT molecular complexity index is 577. The molecule has 1 aliphatic carbocycles. The fourth-order valence-corrected chi connectivity index (χ4v) is 2.57. The summed E-state index contributed by atoms with van der Waals surface area (Å²) in [6.07, 6.45) is 4.53. The predicted octanol–water partition coefficient (Wildman–Crippen LogP) is 2.16. The van der Waals surface area contributed by atoms with Crippen molar-refractivity contribution in [1.82, 2.24) is 25.3 Å². The molecule has 3 rings (SSSR count). The summed E-state index contributed by atoms with van der Waals surface area (Å²) in [7, 11) is 0. The van der Waals surface area contributed by atoms with Gasteiger partial charge in [-0.2, -0.15) is 10.2 Å². The first-order chi connectivity index (χ1) is 9.20. The molecule has 1 aliphatic rings. The number of aromatic amines is 1. The number of H-pyrrole nitrogens is 1. The first-order valence-electron chi connectivity index (χ1n) is 7.00. The Morgan fingerprint density at radius 2 is 2.21 bits per heavy atom. The highest BCUT2D eigenvalue weighted by atomic mass is 15.3. The zero-order valence-electron chi connectivity index (χ0n) is 11.8. The highest BCUT2D eigenvalue weighted by Crippen LogP contribution is 2.28. The van der Waals surface area contributed by atoms with Gasteiger partial charge in [0.05, 0.1) is 17.6 Å². The summed E-state index contributed by atoms with van der Waals surface area (Å²) < 4.78 is 2.05. The van der Waals surface area contributed by atoms with Gasteiger partial charge in [-0.3, -0.25) is 9.78 Å². The van der Waals surface area contributed by atoms with Gasteiger partial charge in [-0.1, -0.05) is 0 Å². The van der Waals surface area contributed by atoms with Crippen LogP contribution in [0.5, 0.6) is 0 Å². The molecule has 0 bridgehead atoms. The van der Waals surface area contributed by atoms with E-state index in [9.17, 15) is 0 Å². The number of nitrogens with one attached hydrogen (secondary N) is 2. The average Bonchev–Trinajstić information content (AvgIpc) is 3.05. The molecule has 0 unspecified atom stereocenters. The summed E-state index contributed by atoms with van der Waals surface area (Å²) in [6, 6.07) is 0.711. The first kappa shape index (κ1) is 12.4. The van der Waals surface area contributed by atoms with E-state index in [1.807, 2.05) is 10.9 Å². The van der Waals surface area contributed by atoms with Crippen molar-refractivity contribution >= 4 is 0 Å². The largest absolute Gasteiger partial charge is 0.310 e. The molecule has 5 heteroatoms. The quantitative estimate of drug-likeness (QED) is 0.865. The van der Waals surface area contributed by atoms with Crippen molar-refractivity contribution in [2.45, 2.75) is 52.7 Å². The van der Waals surface area contributed by atoms with Crippen molar-refractivity contribution in [3.63, 3.8) is 0 Å². The van der Waals surface area contributed by atoms with Gasteiger partial charge in [-0.15, -0.1) is 0 Å². The van der Waals surface area contributed by atoms with Crippen LogP contribution in [0.15, 0.2) is 6.20 Å². The van der Waals surface area contributed by atoms with Crippen LogP contribution in [0.25, 0.3) is 11.3 Å². The number of aryl methyl sites for hydroxylation is 2. The summed E-state index contributed by atoms with van der Waals surface area (Å²) >= 11 is 0. The number of hydrogen-bond acceptors (Lipinski definition) is 3. The van der Waals surface area contributed by atoms with Crippen molar-refractivity contribution < 1.29 is 0 Å². The molecule has 1 fully saturated rings. The second kappa shape index (κ2) is 4.81. The van der Waals surface area contributed by atoms with Crippen LogP contribution in [-0.4, -0.2) is 26.0 Å². The Kier molecular flexibility index (Phi) is 3.14. The molecule has 0 atom stereocenters. The lowest BCUT2D eigenvalue weighted by Crippen LogP contribution is -2.15. The lowest BCUT2D eigenvalue weighted by atomic mass is 10.1. The average molecular weight is 259 g/mol. The van der Waals surface area contributed by atoms with Crippen LogP contribution in [0.3, 0.4) is 0 Å². The topological polar surface area (TPSA) is 58.5 Å². The maximum absolute atomic E-state index is 4.58. The normalized spacial score (nSPS) is 15.1. The van der Waals surface area contributed by atoms with Crippen LogP contribution in [-0.2, 0) is 13.1 Å². The molecule has 0 saturated heterocycles. The maximum atomic E-state index is 4.58. The standard InChI is InChI=1S/C14H21N5/c1-4-19-10(3)13(9(2)18-19)14-11(8-16-17-14)7-15-12-5-6-12/h8,12,15H,4-7H2,1-3H3,(H,16,17). The van der Waals surface area contributed by atoms with E-state index in [0.717, 1.165) is 24.5 Å². The zero-order chi connectivity index (χ0) is 13.4. The smallest absolute Gasteiger partial charge is 0.0732 e. The molecule has 2 heterocycles. The molecule has 2 aromatic heterocycles. The van der Waals surface area contributed by atoms with Crippen LogP contribution < -0.4 is 5.32 Å². The van der Waals surface area contributed by atoms with Crippen LogP contribution in [0, 0.1) is 13.8 Å². The van der Waals surface area contributed by atoms with Gasteiger partial charge in [-0.25, -0.2) is 0 Å². The molecule has 0 aromatic carbocycles. The lowest BCUT2D eigenvalue weighted by Gasteiger charge is -2.05. The number of hydrogen-bond donors (Lipinski definition) is 2. The lowest BCUT2D eigenvalue weighted by molar-refractivity contribution is 0.634. The van der Waals surface area contributed by atoms with Crippen LogP contribution in [0.1, 0.15) is 36.7 Å². The van der Waals surface area contributed by atoms with Crippen molar-refractivity contribution in [1.29, 1.82) is 0 Å².